The van der Waals surface area contributed by atoms with Gasteiger partial charge in [-0.2, -0.15) is 5.26 Å². The molecule has 96 valence electrons. The smallest absolute Gasteiger partial charge is 0.269 e. The number of nitrogens with one attached hydrogen (secondary N) is 1. The zero-order valence-electron chi connectivity index (χ0n) is 10.1. The van der Waals surface area contributed by atoms with Gasteiger partial charge in [-0.25, -0.2) is 9.97 Å². The second kappa shape index (κ2) is 4.87. The normalized spacial score (nSPS) is 10.4. The maximum atomic E-state index is 11.7. The Balaban J connectivity index is 2.24. The van der Waals surface area contributed by atoms with Gasteiger partial charge in [0.15, 0.2) is 5.82 Å². The zero-order valence-corrected chi connectivity index (χ0v) is 11.7. The lowest BCUT2D eigenvalue weighted by Gasteiger charge is -2.05. The second-order valence-electron chi connectivity index (χ2n) is 4.10. The molecule has 5 nitrogen and oxygen atoms in total. The number of aromatic nitrogens is 3. The molecule has 3 aromatic rings. The van der Waals surface area contributed by atoms with E-state index in [0.29, 0.717) is 11.5 Å². The van der Waals surface area contributed by atoms with Crippen molar-refractivity contribution in [2.24, 2.45) is 0 Å². The highest BCUT2D eigenvalue weighted by molar-refractivity contribution is 9.10. The van der Waals surface area contributed by atoms with Crippen molar-refractivity contribution in [1.29, 1.82) is 5.26 Å². The van der Waals surface area contributed by atoms with E-state index in [-0.39, 0.29) is 5.56 Å². The molecule has 0 saturated heterocycles. The van der Waals surface area contributed by atoms with Gasteiger partial charge >= 0.3 is 0 Å². The molecule has 1 N–H and O–H groups in total. The highest BCUT2D eigenvalue weighted by Crippen LogP contribution is 2.26. The van der Waals surface area contributed by atoms with Crippen molar-refractivity contribution >= 4 is 26.8 Å². The maximum Gasteiger partial charge on any atom is 0.269 e. The molecule has 1 aromatic carbocycles. The third-order valence-electron chi connectivity index (χ3n) is 2.82. The van der Waals surface area contributed by atoms with Gasteiger partial charge in [0, 0.05) is 9.86 Å². The lowest BCUT2D eigenvalue weighted by Crippen LogP contribution is -2.12. The van der Waals surface area contributed by atoms with Crippen LogP contribution in [0.1, 0.15) is 5.56 Å². The van der Waals surface area contributed by atoms with Crippen molar-refractivity contribution in [2.45, 2.75) is 0 Å². The van der Waals surface area contributed by atoms with Gasteiger partial charge < -0.3 is 4.98 Å². The van der Waals surface area contributed by atoms with Crippen molar-refractivity contribution < 1.29 is 0 Å². The molecule has 2 heterocycles. The van der Waals surface area contributed by atoms with Crippen molar-refractivity contribution in [3.05, 3.63) is 56.9 Å². The van der Waals surface area contributed by atoms with Crippen LogP contribution in [-0.2, 0) is 0 Å². The molecule has 6 heteroatoms. The first-order valence-corrected chi connectivity index (χ1v) is 6.53. The lowest BCUT2D eigenvalue weighted by atomic mass is 10.2. The molecule has 0 aliphatic rings. The number of hydrogen-bond donors (Lipinski definition) is 1. The highest BCUT2D eigenvalue weighted by Gasteiger charge is 2.10. The van der Waals surface area contributed by atoms with Crippen molar-refractivity contribution in [2.75, 3.05) is 0 Å². The molecule has 0 atom stereocenters. The third kappa shape index (κ3) is 2.08. The fourth-order valence-corrected chi connectivity index (χ4v) is 2.37. The number of nitrogens with zero attached hydrogens (tertiary/aromatic N) is 3. The molecule has 0 spiro atoms. The van der Waals surface area contributed by atoms with E-state index in [4.69, 9.17) is 5.26 Å². The number of rotatable bonds is 1. The van der Waals surface area contributed by atoms with E-state index in [1.165, 1.54) is 6.20 Å². The summed E-state index contributed by atoms with van der Waals surface area (Å²) in [4.78, 5) is 22.8. The van der Waals surface area contributed by atoms with Gasteiger partial charge in [-0.3, -0.25) is 4.79 Å². The number of hydrogen-bond acceptors (Lipinski definition) is 4. The summed E-state index contributed by atoms with van der Waals surface area (Å²) in [7, 11) is 0. The topological polar surface area (TPSA) is 82.4 Å². The standard InChI is InChI=1S/C14H7BrN4O/c15-10-5-8-3-1-2-4-11(8)18-12(10)13-17-7-9(6-16)14(20)19-13/h1-5,7H,(H,17,19,20). The van der Waals surface area contributed by atoms with Crippen LogP contribution in [0.5, 0.6) is 0 Å². The first kappa shape index (κ1) is 12.5. The average Bonchev–Trinajstić information content (AvgIpc) is 2.46. The summed E-state index contributed by atoms with van der Waals surface area (Å²) in [6.07, 6.45) is 1.25. The molecule has 20 heavy (non-hydrogen) atoms. The number of aromatic amines is 1. The molecule has 0 aliphatic carbocycles. The van der Waals surface area contributed by atoms with Crippen LogP contribution >= 0.6 is 15.9 Å². The van der Waals surface area contributed by atoms with Crippen LogP contribution in [0.3, 0.4) is 0 Å². The summed E-state index contributed by atoms with van der Waals surface area (Å²) in [6.45, 7) is 0. The average molecular weight is 327 g/mol. The Labute approximate surface area is 122 Å². The molecule has 0 bridgehead atoms. The summed E-state index contributed by atoms with van der Waals surface area (Å²) < 4.78 is 0.726. The third-order valence-corrected chi connectivity index (χ3v) is 3.43. The monoisotopic (exact) mass is 326 g/mol. The first-order chi connectivity index (χ1) is 9.69. The van der Waals surface area contributed by atoms with Gasteiger partial charge in [-0.05, 0) is 28.1 Å². The van der Waals surface area contributed by atoms with E-state index in [1.807, 2.05) is 30.3 Å². The minimum Gasteiger partial charge on any atom is -0.304 e. The van der Waals surface area contributed by atoms with Crippen LogP contribution in [0.25, 0.3) is 22.4 Å². The van der Waals surface area contributed by atoms with Crippen molar-refractivity contribution in [3.63, 3.8) is 0 Å². The fraction of sp³-hybridized carbons (Fsp3) is 0. The molecule has 0 amide bonds. The maximum absolute atomic E-state index is 11.7. The lowest BCUT2D eigenvalue weighted by molar-refractivity contribution is 1.09. The fourth-order valence-electron chi connectivity index (χ4n) is 1.85. The van der Waals surface area contributed by atoms with Crippen LogP contribution in [0.4, 0.5) is 0 Å². The number of nitriles is 1. The molecule has 0 radical (unpaired) electrons. The number of para-hydroxylation sites is 1. The Morgan fingerprint density at radius 2 is 2.10 bits per heavy atom. The Hall–Kier alpha value is -2.52. The van der Waals surface area contributed by atoms with Gasteiger partial charge in [0.1, 0.15) is 17.3 Å². The molecule has 0 unspecified atom stereocenters. The highest BCUT2D eigenvalue weighted by atomic mass is 79.9. The first-order valence-electron chi connectivity index (χ1n) is 5.74. The predicted octanol–water partition coefficient (Wildman–Crippen LogP) is 2.62. The van der Waals surface area contributed by atoms with Gasteiger partial charge in [0.2, 0.25) is 0 Å². The molecule has 0 saturated carbocycles. The largest absolute Gasteiger partial charge is 0.304 e. The zero-order chi connectivity index (χ0) is 14.1. The molecular weight excluding hydrogens is 320 g/mol. The Morgan fingerprint density at radius 3 is 2.85 bits per heavy atom. The van der Waals surface area contributed by atoms with E-state index in [9.17, 15) is 4.79 Å². The molecule has 3 rings (SSSR count). The van der Waals surface area contributed by atoms with Crippen LogP contribution < -0.4 is 5.56 Å². The number of pyridine rings is 1. The Kier molecular flexibility index (Phi) is 3.05. The van der Waals surface area contributed by atoms with E-state index in [1.54, 1.807) is 6.07 Å². The van der Waals surface area contributed by atoms with Gasteiger partial charge in [0.05, 0.1) is 11.7 Å². The molecule has 0 aliphatic heterocycles. The van der Waals surface area contributed by atoms with Crippen molar-refractivity contribution in [3.8, 4) is 17.6 Å². The van der Waals surface area contributed by atoms with E-state index < -0.39 is 5.56 Å². The van der Waals surface area contributed by atoms with Crippen LogP contribution in [0.2, 0.25) is 0 Å². The number of halogens is 1. The minimum atomic E-state index is -0.473. The quantitative estimate of drug-likeness (QED) is 0.745. The predicted molar refractivity (Wildman–Crippen MR) is 78.0 cm³/mol. The Morgan fingerprint density at radius 1 is 1.30 bits per heavy atom. The summed E-state index contributed by atoms with van der Waals surface area (Å²) in [5, 5.41) is 9.73. The number of H-pyrrole nitrogens is 1. The van der Waals surface area contributed by atoms with Crippen LogP contribution in [-0.4, -0.2) is 15.0 Å². The second-order valence-corrected chi connectivity index (χ2v) is 4.95. The van der Waals surface area contributed by atoms with E-state index >= 15 is 0 Å². The summed E-state index contributed by atoms with van der Waals surface area (Å²) in [5.74, 6) is 0.326. The minimum absolute atomic E-state index is 0.0225. The van der Waals surface area contributed by atoms with Gasteiger partial charge in [0.25, 0.3) is 5.56 Å². The molecule has 2 aromatic heterocycles. The van der Waals surface area contributed by atoms with Crippen LogP contribution in [0.15, 0.2) is 45.8 Å². The van der Waals surface area contributed by atoms with Gasteiger partial charge in [-0.1, -0.05) is 18.2 Å². The number of benzene rings is 1. The number of fused-ring (bicyclic) bond motifs is 1. The summed E-state index contributed by atoms with van der Waals surface area (Å²) >= 11 is 3.42. The van der Waals surface area contributed by atoms with Gasteiger partial charge in [-0.15, -0.1) is 0 Å². The summed E-state index contributed by atoms with van der Waals surface area (Å²) in [5.41, 5.74) is 0.841. The van der Waals surface area contributed by atoms with Crippen molar-refractivity contribution in [1.82, 2.24) is 15.0 Å². The Bertz CT molecular complexity index is 911. The molecule has 0 fully saturated rings. The van der Waals surface area contributed by atoms with E-state index in [2.05, 4.69) is 30.9 Å². The summed E-state index contributed by atoms with van der Waals surface area (Å²) in [6, 6.07) is 11.3. The van der Waals surface area contributed by atoms with E-state index in [0.717, 1.165) is 15.4 Å². The van der Waals surface area contributed by atoms with Crippen LogP contribution in [0, 0.1) is 11.3 Å². The SMILES string of the molecule is N#Cc1cnc(-c2nc3ccccc3cc2Br)[nH]c1=O. The molecular formula is C14H7BrN4O.